The van der Waals surface area contributed by atoms with Crippen LogP contribution in [-0.2, 0) is 9.59 Å². The molecule has 4 rings (SSSR count). The van der Waals surface area contributed by atoms with E-state index >= 15 is 0 Å². The molecule has 154 valence electrons. The van der Waals surface area contributed by atoms with Gasteiger partial charge in [0.05, 0.1) is 21.4 Å². The van der Waals surface area contributed by atoms with E-state index in [1.165, 1.54) is 9.79 Å². The van der Waals surface area contributed by atoms with E-state index in [0.29, 0.717) is 12.8 Å². The van der Waals surface area contributed by atoms with Gasteiger partial charge in [0.2, 0.25) is 0 Å². The van der Waals surface area contributed by atoms with Crippen molar-refractivity contribution in [1.29, 1.82) is 0 Å². The summed E-state index contributed by atoms with van der Waals surface area (Å²) in [4.78, 5) is 31.2. The molecule has 0 saturated heterocycles. The van der Waals surface area contributed by atoms with Crippen molar-refractivity contribution in [3.63, 3.8) is 0 Å². The molecule has 6 heteroatoms. The molecule has 0 fully saturated rings. The summed E-state index contributed by atoms with van der Waals surface area (Å²) in [6, 6.07) is 16.3. The highest BCUT2D eigenvalue weighted by Crippen LogP contribution is 2.45. The lowest BCUT2D eigenvalue weighted by Crippen LogP contribution is -2.11. The number of anilines is 2. The first-order valence-corrected chi connectivity index (χ1v) is 11.7. The van der Waals surface area contributed by atoms with Crippen LogP contribution < -0.4 is 9.80 Å². The Hall–Kier alpha value is -2.44. The molecular formula is C24H24N2O2S2. The molecule has 0 aliphatic carbocycles. The molecule has 2 heterocycles. The lowest BCUT2D eigenvalue weighted by atomic mass is 10.1. The number of carbonyl (C=O) groups excluding carboxylic acids is 2. The predicted molar refractivity (Wildman–Crippen MR) is 126 cm³/mol. The molecule has 2 aliphatic rings. The molecule has 2 aromatic carbocycles. The van der Waals surface area contributed by atoms with Gasteiger partial charge in [-0.25, -0.2) is 0 Å². The highest BCUT2D eigenvalue weighted by molar-refractivity contribution is 8.04. The van der Waals surface area contributed by atoms with E-state index in [1.807, 2.05) is 38.4 Å². The van der Waals surface area contributed by atoms with E-state index in [-0.39, 0.29) is 11.6 Å². The number of para-hydroxylation sites is 2. The Morgan fingerprint density at radius 2 is 1.13 bits per heavy atom. The first-order valence-electron chi connectivity index (χ1n) is 10.0. The molecule has 4 nitrogen and oxygen atoms in total. The largest absolute Gasteiger partial charge is 0.338 e. The fourth-order valence-corrected chi connectivity index (χ4v) is 5.73. The third-order valence-electron chi connectivity index (χ3n) is 5.21. The van der Waals surface area contributed by atoms with E-state index in [9.17, 15) is 9.59 Å². The van der Waals surface area contributed by atoms with E-state index in [0.717, 1.165) is 34.3 Å². The highest BCUT2D eigenvalue weighted by atomic mass is 32.2. The molecule has 0 spiro atoms. The summed E-state index contributed by atoms with van der Waals surface area (Å²) in [5.74, 6) is 0.231. The minimum absolute atomic E-state index is 0.115. The maximum atomic E-state index is 12.4. The summed E-state index contributed by atoms with van der Waals surface area (Å²) < 4.78 is 0. The van der Waals surface area contributed by atoms with Gasteiger partial charge in [-0.05, 0) is 37.1 Å². The summed E-state index contributed by atoms with van der Waals surface area (Å²) in [6.07, 6.45) is 5.85. The molecule has 0 radical (unpaired) electrons. The van der Waals surface area contributed by atoms with Crippen LogP contribution in [0.5, 0.6) is 0 Å². The molecule has 0 atom stereocenters. The van der Waals surface area contributed by atoms with Crippen LogP contribution in [0.2, 0.25) is 0 Å². The molecule has 2 aromatic rings. The van der Waals surface area contributed by atoms with Crippen LogP contribution in [0.4, 0.5) is 11.4 Å². The van der Waals surface area contributed by atoms with Crippen molar-refractivity contribution in [2.24, 2.45) is 0 Å². The zero-order valence-corrected chi connectivity index (χ0v) is 18.8. The lowest BCUT2D eigenvalue weighted by Gasteiger charge is -2.13. The van der Waals surface area contributed by atoms with Crippen molar-refractivity contribution < 1.29 is 9.59 Å². The smallest absolute Gasteiger partial charge is 0.158 e. The number of carbonyl (C=O) groups is 2. The maximum absolute atomic E-state index is 12.4. The van der Waals surface area contributed by atoms with Crippen molar-refractivity contribution >= 4 is 46.5 Å². The Morgan fingerprint density at radius 3 is 1.53 bits per heavy atom. The van der Waals surface area contributed by atoms with Gasteiger partial charge < -0.3 is 9.80 Å². The van der Waals surface area contributed by atoms with Crippen LogP contribution >= 0.6 is 23.5 Å². The molecule has 0 bridgehead atoms. The molecule has 30 heavy (non-hydrogen) atoms. The van der Waals surface area contributed by atoms with Crippen molar-refractivity contribution in [3.8, 4) is 0 Å². The van der Waals surface area contributed by atoms with Gasteiger partial charge in [0, 0.05) is 48.9 Å². The van der Waals surface area contributed by atoms with Gasteiger partial charge >= 0.3 is 0 Å². The molecule has 0 saturated carbocycles. The van der Waals surface area contributed by atoms with Crippen LogP contribution in [0.15, 0.2) is 80.5 Å². The second-order valence-electron chi connectivity index (χ2n) is 7.36. The number of hydrogen-bond acceptors (Lipinski definition) is 6. The monoisotopic (exact) mass is 436 g/mol. The van der Waals surface area contributed by atoms with Crippen LogP contribution in [0.25, 0.3) is 0 Å². The highest BCUT2D eigenvalue weighted by Gasteiger charge is 2.23. The quantitative estimate of drug-likeness (QED) is 0.400. The van der Waals surface area contributed by atoms with Gasteiger partial charge in [0.15, 0.2) is 11.6 Å². The van der Waals surface area contributed by atoms with Crippen LogP contribution in [0.3, 0.4) is 0 Å². The van der Waals surface area contributed by atoms with Gasteiger partial charge in [-0.1, -0.05) is 47.8 Å². The van der Waals surface area contributed by atoms with Gasteiger partial charge in [-0.3, -0.25) is 9.59 Å². The molecule has 0 N–H and O–H groups in total. The van der Waals surface area contributed by atoms with Crippen molar-refractivity contribution in [1.82, 2.24) is 0 Å². The van der Waals surface area contributed by atoms with Crippen molar-refractivity contribution in [3.05, 3.63) is 70.7 Å². The Balaban J connectivity index is 1.23. The van der Waals surface area contributed by atoms with E-state index in [1.54, 1.807) is 35.7 Å². The van der Waals surface area contributed by atoms with Gasteiger partial charge in [-0.15, -0.1) is 0 Å². The second kappa shape index (κ2) is 9.14. The number of fused-ring (bicyclic) bond motifs is 2. The molecule has 0 aromatic heterocycles. The normalized spacial score (nSPS) is 17.5. The van der Waals surface area contributed by atoms with Crippen LogP contribution in [0, 0.1) is 0 Å². The summed E-state index contributed by atoms with van der Waals surface area (Å²) in [5, 5.41) is 1.92. The number of unbranched alkanes of at least 4 members (excludes halogenated alkanes) is 1. The van der Waals surface area contributed by atoms with E-state index < -0.39 is 0 Å². The van der Waals surface area contributed by atoms with Gasteiger partial charge in [0.25, 0.3) is 0 Å². The molecule has 0 unspecified atom stereocenters. The number of ketones is 2. The van der Waals surface area contributed by atoms with Crippen molar-refractivity contribution in [2.45, 2.75) is 35.5 Å². The SMILES string of the molecule is CN1/C(=C\C(=O)CCCCC(=O)/C=C2/Sc3ccccc3N2C)Sc2ccccc21. The first kappa shape index (κ1) is 20.8. The fraction of sp³-hybridized carbons (Fsp3) is 0.250. The first-order chi connectivity index (χ1) is 14.5. The number of thioether (sulfide) groups is 2. The summed E-state index contributed by atoms with van der Waals surface area (Å²) in [7, 11) is 3.97. The topological polar surface area (TPSA) is 40.6 Å². The Kier molecular flexibility index (Phi) is 6.35. The number of allylic oxidation sites excluding steroid dienone is 2. The third-order valence-corrected chi connectivity index (χ3v) is 7.54. The fourth-order valence-electron chi connectivity index (χ4n) is 3.51. The van der Waals surface area contributed by atoms with Gasteiger partial charge in [0.1, 0.15) is 0 Å². The lowest BCUT2D eigenvalue weighted by molar-refractivity contribution is -0.116. The average Bonchev–Trinajstić information content (AvgIpc) is 3.23. The third kappa shape index (κ3) is 4.50. The Bertz CT molecular complexity index is 962. The van der Waals surface area contributed by atoms with Crippen LogP contribution in [-0.4, -0.2) is 25.7 Å². The second-order valence-corrected chi connectivity index (χ2v) is 9.49. The number of rotatable bonds is 7. The molecule has 0 amide bonds. The van der Waals surface area contributed by atoms with Crippen LogP contribution in [0.1, 0.15) is 25.7 Å². The van der Waals surface area contributed by atoms with Gasteiger partial charge in [-0.2, -0.15) is 0 Å². The summed E-state index contributed by atoms with van der Waals surface area (Å²) in [6.45, 7) is 0. The predicted octanol–water partition coefficient (Wildman–Crippen LogP) is 5.85. The average molecular weight is 437 g/mol. The minimum atomic E-state index is 0.115. The minimum Gasteiger partial charge on any atom is -0.338 e. The summed E-state index contributed by atoms with van der Waals surface area (Å²) in [5.41, 5.74) is 2.27. The maximum Gasteiger partial charge on any atom is 0.158 e. The standard InChI is InChI=1S/C24H24N2O2S2/c1-25-19-11-5-7-13-21(19)29-23(25)15-17(27)9-3-4-10-18(28)16-24-26(2)20-12-6-8-14-22(20)30-24/h5-8,11-16H,3-4,9-10H2,1-2H3/b23-15+,24-16+. The zero-order chi connectivity index (χ0) is 21.1. The Labute approximate surface area is 186 Å². The van der Waals surface area contributed by atoms with E-state index in [2.05, 4.69) is 34.1 Å². The number of nitrogens with zero attached hydrogens (tertiary/aromatic N) is 2. The molecular weight excluding hydrogens is 412 g/mol. The van der Waals surface area contributed by atoms with E-state index in [4.69, 9.17) is 0 Å². The molecule has 2 aliphatic heterocycles. The Morgan fingerprint density at radius 1 is 0.733 bits per heavy atom. The number of hydrogen-bond donors (Lipinski definition) is 0. The van der Waals surface area contributed by atoms with Crippen molar-refractivity contribution in [2.75, 3.05) is 23.9 Å². The number of benzene rings is 2. The zero-order valence-electron chi connectivity index (χ0n) is 17.1. The summed E-state index contributed by atoms with van der Waals surface area (Å²) >= 11 is 3.25.